The maximum absolute atomic E-state index is 12.8. The fourth-order valence-electron chi connectivity index (χ4n) is 2.85. The van der Waals surface area contributed by atoms with Gasteiger partial charge in [0.05, 0.1) is 29.1 Å². The van der Waals surface area contributed by atoms with E-state index >= 15 is 0 Å². The van der Waals surface area contributed by atoms with Crippen LogP contribution in [0.3, 0.4) is 0 Å². The molecule has 0 aliphatic rings. The highest BCUT2D eigenvalue weighted by Crippen LogP contribution is 2.30. The van der Waals surface area contributed by atoms with Crippen LogP contribution in [0.25, 0.3) is 16.9 Å². The lowest BCUT2D eigenvalue weighted by molar-refractivity contribution is -0.144. The topological polar surface area (TPSA) is 149 Å². The molecule has 0 saturated heterocycles. The minimum atomic E-state index is -4.58. The predicted octanol–water partition coefficient (Wildman–Crippen LogP) is 2.44. The summed E-state index contributed by atoms with van der Waals surface area (Å²) in [6.07, 6.45) is -0.147. The first-order valence-corrected chi connectivity index (χ1v) is 8.68. The highest BCUT2D eigenvalue weighted by Gasteiger charge is 2.36. The van der Waals surface area contributed by atoms with Crippen LogP contribution in [-0.4, -0.2) is 34.3 Å². The van der Waals surface area contributed by atoms with Crippen molar-refractivity contribution in [3.05, 3.63) is 42.2 Å². The average molecular weight is 418 g/mol. The molecule has 0 unspecified atom stereocenters. The fraction of sp³-hybridized carbons (Fsp3) is 0.235. The second kappa shape index (κ2) is 6.57. The van der Waals surface area contributed by atoms with Crippen molar-refractivity contribution in [1.29, 1.82) is 0 Å². The van der Waals surface area contributed by atoms with Crippen LogP contribution in [0, 0.1) is 0 Å². The van der Waals surface area contributed by atoms with E-state index in [9.17, 15) is 13.2 Å². The number of nitrogens with one attached hydrogen (secondary N) is 2. The fourth-order valence-corrected chi connectivity index (χ4v) is 2.85. The van der Waals surface area contributed by atoms with E-state index in [4.69, 9.17) is 11.5 Å². The maximum Gasteiger partial charge on any atom is 0.449 e. The summed E-state index contributed by atoms with van der Waals surface area (Å²) >= 11 is 0. The second-order valence-corrected chi connectivity index (χ2v) is 7.06. The highest BCUT2D eigenvalue weighted by atomic mass is 19.4. The molecule has 0 aromatic carbocycles. The maximum atomic E-state index is 12.8. The Morgan fingerprint density at radius 3 is 2.50 bits per heavy atom. The summed E-state index contributed by atoms with van der Waals surface area (Å²) in [4.78, 5) is 22.2. The number of halogens is 3. The van der Waals surface area contributed by atoms with E-state index in [0.717, 1.165) is 11.7 Å². The van der Waals surface area contributed by atoms with E-state index in [1.807, 2.05) is 0 Å². The number of H-pyrrole nitrogens is 1. The molecule has 0 radical (unpaired) electrons. The first kappa shape index (κ1) is 19.4. The summed E-state index contributed by atoms with van der Waals surface area (Å²) in [6, 6.07) is 3.56. The Morgan fingerprint density at radius 2 is 1.80 bits per heavy atom. The van der Waals surface area contributed by atoms with Crippen LogP contribution in [0.5, 0.6) is 0 Å². The molecule has 6 N–H and O–H groups in total. The van der Waals surface area contributed by atoms with E-state index in [1.54, 1.807) is 42.8 Å². The van der Waals surface area contributed by atoms with Crippen LogP contribution in [0.1, 0.15) is 25.4 Å². The molecule has 4 heterocycles. The molecule has 0 saturated carbocycles. The lowest BCUT2D eigenvalue weighted by Gasteiger charge is -2.25. The quantitative estimate of drug-likeness (QED) is 0.395. The zero-order valence-corrected chi connectivity index (χ0v) is 15.9. The Morgan fingerprint density at radius 1 is 1.03 bits per heavy atom. The van der Waals surface area contributed by atoms with Gasteiger partial charge in [-0.3, -0.25) is 4.40 Å². The Hall–Kier alpha value is -3.90. The monoisotopic (exact) mass is 418 g/mol. The Bertz CT molecular complexity index is 1220. The summed E-state index contributed by atoms with van der Waals surface area (Å²) in [5.74, 6) is -0.499. The average Bonchev–Trinajstić information content (AvgIpc) is 3.28. The molecule has 4 aromatic rings. The van der Waals surface area contributed by atoms with E-state index < -0.39 is 17.5 Å². The number of imidazole rings is 2. The van der Waals surface area contributed by atoms with E-state index in [2.05, 4.69) is 35.2 Å². The SMILES string of the molecule is CC(C)(Nc1nc(N)nc(-c2ccc3cnc(N)n3c2)n1)c1cnc(C(F)(F)F)[nH]1. The van der Waals surface area contributed by atoms with Gasteiger partial charge in [-0.2, -0.15) is 28.1 Å². The molecule has 0 fully saturated rings. The molecule has 156 valence electrons. The standard InChI is InChI=1S/C17H17F3N10/c1-16(2,10-6-23-12(25-10)17(18,19)20)29-15-27-11(26-13(21)28-15)8-3-4-9-5-24-14(22)30(9)7-8/h3-7H,1-2H3,(H2,22,24)(H,23,25)(H3,21,26,27,28,29). The van der Waals surface area contributed by atoms with Crippen LogP contribution in [0.2, 0.25) is 0 Å². The van der Waals surface area contributed by atoms with E-state index in [-0.39, 0.29) is 23.4 Å². The van der Waals surface area contributed by atoms with Crippen molar-refractivity contribution < 1.29 is 13.2 Å². The molecular weight excluding hydrogens is 401 g/mol. The molecule has 30 heavy (non-hydrogen) atoms. The number of nitrogen functional groups attached to an aromatic ring is 2. The van der Waals surface area contributed by atoms with E-state index in [0.29, 0.717) is 11.5 Å². The van der Waals surface area contributed by atoms with Gasteiger partial charge < -0.3 is 21.8 Å². The Balaban J connectivity index is 1.67. The first-order valence-electron chi connectivity index (χ1n) is 8.68. The Kier molecular flexibility index (Phi) is 4.25. The van der Waals surface area contributed by atoms with Crippen molar-refractivity contribution in [2.45, 2.75) is 25.6 Å². The van der Waals surface area contributed by atoms with Crippen LogP contribution < -0.4 is 16.8 Å². The van der Waals surface area contributed by atoms with Crippen molar-refractivity contribution in [2.24, 2.45) is 0 Å². The van der Waals surface area contributed by atoms with Crippen molar-refractivity contribution in [3.63, 3.8) is 0 Å². The first-order chi connectivity index (χ1) is 14.0. The minimum absolute atomic E-state index is 0.0578. The van der Waals surface area contributed by atoms with Crippen LogP contribution >= 0.6 is 0 Å². The van der Waals surface area contributed by atoms with Gasteiger partial charge in [0.25, 0.3) is 0 Å². The van der Waals surface area contributed by atoms with Crippen molar-refractivity contribution in [3.8, 4) is 11.4 Å². The van der Waals surface area contributed by atoms with Gasteiger partial charge in [-0.15, -0.1) is 0 Å². The smallest absolute Gasteiger partial charge is 0.369 e. The summed E-state index contributed by atoms with van der Waals surface area (Å²) < 4.78 is 40.2. The zero-order chi connectivity index (χ0) is 21.7. The number of pyridine rings is 1. The van der Waals surface area contributed by atoms with Gasteiger partial charge in [0, 0.05) is 11.8 Å². The normalized spacial score (nSPS) is 12.4. The molecular formula is C17H17F3N10. The summed E-state index contributed by atoms with van der Waals surface area (Å²) in [6.45, 7) is 3.30. The molecule has 0 amide bonds. The third-order valence-electron chi connectivity index (χ3n) is 4.41. The molecule has 0 spiro atoms. The van der Waals surface area contributed by atoms with Crippen LogP contribution in [0.4, 0.5) is 31.0 Å². The van der Waals surface area contributed by atoms with Crippen molar-refractivity contribution in [1.82, 2.24) is 34.3 Å². The number of anilines is 3. The molecule has 0 aliphatic carbocycles. The number of fused-ring (bicyclic) bond motifs is 1. The van der Waals surface area contributed by atoms with Crippen molar-refractivity contribution >= 4 is 23.4 Å². The van der Waals surface area contributed by atoms with Crippen LogP contribution in [0.15, 0.2) is 30.7 Å². The van der Waals surface area contributed by atoms with Gasteiger partial charge in [0.15, 0.2) is 5.82 Å². The van der Waals surface area contributed by atoms with Gasteiger partial charge in [0.1, 0.15) is 0 Å². The number of rotatable bonds is 4. The zero-order valence-electron chi connectivity index (χ0n) is 15.9. The molecule has 0 bridgehead atoms. The molecule has 0 atom stereocenters. The minimum Gasteiger partial charge on any atom is -0.369 e. The molecule has 4 aromatic heterocycles. The number of nitrogens with zero attached hydrogens (tertiary/aromatic N) is 6. The summed E-state index contributed by atoms with van der Waals surface area (Å²) in [5, 5.41) is 2.97. The largest absolute Gasteiger partial charge is 0.449 e. The number of aromatic nitrogens is 7. The van der Waals surface area contributed by atoms with Gasteiger partial charge in [-0.25, -0.2) is 9.97 Å². The number of hydrogen-bond donors (Lipinski definition) is 4. The molecule has 4 rings (SSSR count). The number of hydrogen-bond acceptors (Lipinski definition) is 8. The van der Waals surface area contributed by atoms with Gasteiger partial charge in [-0.1, -0.05) is 0 Å². The summed E-state index contributed by atoms with van der Waals surface area (Å²) in [7, 11) is 0. The van der Waals surface area contributed by atoms with Gasteiger partial charge in [-0.05, 0) is 26.0 Å². The second-order valence-electron chi connectivity index (χ2n) is 7.06. The van der Waals surface area contributed by atoms with Gasteiger partial charge in [0.2, 0.25) is 23.7 Å². The predicted molar refractivity (Wildman–Crippen MR) is 103 cm³/mol. The Labute approximate surface area is 167 Å². The highest BCUT2D eigenvalue weighted by molar-refractivity contribution is 5.62. The lowest BCUT2D eigenvalue weighted by atomic mass is 10.0. The van der Waals surface area contributed by atoms with Crippen molar-refractivity contribution in [2.75, 3.05) is 16.8 Å². The van der Waals surface area contributed by atoms with E-state index in [1.165, 1.54) is 0 Å². The third-order valence-corrected chi connectivity index (χ3v) is 4.41. The molecule has 13 heteroatoms. The van der Waals surface area contributed by atoms with Crippen LogP contribution in [-0.2, 0) is 11.7 Å². The number of aromatic amines is 1. The summed E-state index contributed by atoms with van der Waals surface area (Å²) in [5.41, 5.74) is 12.2. The number of alkyl halides is 3. The lowest BCUT2D eigenvalue weighted by Crippen LogP contribution is -2.30. The number of nitrogens with two attached hydrogens (primary N) is 2. The molecule has 10 nitrogen and oxygen atoms in total. The molecule has 0 aliphatic heterocycles. The third kappa shape index (κ3) is 3.56. The van der Waals surface area contributed by atoms with Gasteiger partial charge >= 0.3 is 6.18 Å².